The van der Waals surface area contributed by atoms with Crippen LogP contribution in [0.5, 0.6) is 28.7 Å². The molecule has 0 amide bonds. The van der Waals surface area contributed by atoms with E-state index in [2.05, 4.69) is 0 Å². The average molecular weight is 302 g/mol. The molecule has 114 valence electrons. The molecule has 1 atom stereocenters. The molecule has 6 nitrogen and oxygen atoms in total. The molecule has 0 fully saturated rings. The number of benzene rings is 2. The Morgan fingerprint density at radius 2 is 1.68 bits per heavy atom. The number of aliphatic hydroxyl groups is 1. The van der Waals surface area contributed by atoms with E-state index in [-0.39, 0.29) is 40.1 Å². The van der Waals surface area contributed by atoms with Crippen LogP contribution >= 0.6 is 0 Å². The lowest BCUT2D eigenvalue weighted by atomic mass is 9.97. The highest BCUT2D eigenvalue weighted by atomic mass is 16.5. The molecular formula is C16H14O6. The van der Waals surface area contributed by atoms with Crippen molar-refractivity contribution in [2.75, 3.05) is 0 Å². The lowest BCUT2D eigenvalue weighted by Crippen LogP contribution is -2.15. The molecule has 0 aromatic heterocycles. The molecule has 0 saturated heterocycles. The van der Waals surface area contributed by atoms with Crippen molar-refractivity contribution < 1.29 is 30.3 Å². The van der Waals surface area contributed by atoms with E-state index in [1.54, 1.807) is 6.92 Å². The molecule has 22 heavy (non-hydrogen) atoms. The van der Waals surface area contributed by atoms with Gasteiger partial charge in [0.2, 0.25) is 0 Å². The first-order valence-corrected chi connectivity index (χ1v) is 6.53. The van der Waals surface area contributed by atoms with Crippen LogP contribution in [0.1, 0.15) is 22.8 Å². The van der Waals surface area contributed by atoms with E-state index in [1.807, 2.05) is 0 Å². The summed E-state index contributed by atoms with van der Waals surface area (Å²) in [5, 5.41) is 48.8. The highest BCUT2D eigenvalue weighted by molar-refractivity contribution is 5.69. The SMILES string of the molecule is Cc1c([C@H]2Oc3cc(O)cc(O)c3C=C2O)ccc(O)c1O. The van der Waals surface area contributed by atoms with Gasteiger partial charge in [-0.3, -0.25) is 0 Å². The quantitative estimate of drug-likeness (QED) is 0.518. The molecule has 6 heteroatoms. The Kier molecular flexibility index (Phi) is 3.02. The number of hydrogen-bond donors (Lipinski definition) is 5. The fourth-order valence-electron chi connectivity index (χ4n) is 2.46. The normalized spacial score (nSPS) is 16.6. The van der Waals surface area contributed by atoms with Crippen LogP contribution in [-0.2, 0) is 0 Å². The van der Waals surface area contributed by atoms with E-state index in [0.29, 0.717) is 11.1 Å². The summed E-state index contributed by atoms with van der Waals surface area (Å²) in [5.74, 6) is -0.913. The van der Waals surface area contributed by atoms with E-state index in [1.165, 1.54) is 24.3 Å². The molecule has 0 aliphatic carbocycles. The second kappa shape index (κ2) is 4.77. The molecule has 2 aromatic rings. The van der Waals surface area contributed by atoms with Crippen LogP contribution in [-0.4, -0.2) is 25.5 Å². The van der Waals surface area contributed by atoms with Crippen molar-refractivity contribution in [1.29, 1.82) is 0 Å². The van der Waals surface area contributed by atoms with Gasteiger partial charge in [-0.15, -0.1) is 0 Å². The molecule has 3 rings (SSSR count). The summed E-state index contributed by atoms with van der Waals surface area (Å²) >= 11 is 0. The second-order valence-corrected chi connectivity index (χ2v) is 5.09. The van der Waals surface area contributed by atoms with Gasteiger partial charge in [0, 0.05) is 23.3 Å². The Morgan fingerprint density at radius 1 is 0.955 bits per heavy atom. The Hall–Kier alpha value is -3.02. The van der Waals surface area contributed by atoms with Crippen LogP contribution in [0, 0.1) is 6.92 Å². The highest BCUT2D eigenvalue weighted by Crippen LogP contribution is 2.44. The largest absolute Gasteiger partial charge is 0.508 e. The van der Waals surface area contributed by atoms with Gasteiger partial charge in [0.15, 0.2) is 17.6 Å². The van der Waals surface area contributed by atoms with E-state index >= 15 is 0 Å². The number of phenols is 4. The van der Waals surface area contributed by atoms with Crippen molar-refractivity contribution in [3.05, 3.63) is 46.7 Å². The number of phenolic OH excluding ortho intramolecular Hbond substituents is 4. The van der Waals surface area contributed by atoms with Crippen LogP contribution < -0.4 is 4.74 Å². The molecule has 0 unspecified atom stereocenters. The third kappa shape index (κ3) is 2.05. The molecule has 5 N–H and O–H groups in total. The van der Waals surface area contributed by atoms with E-state index in [4.69, 9.17) is 4.74 Å². The smallest absolute Gasteiger partial charge is 0.181 e. The van der Waals surface area contributed by atoms with Crippen molar-refractivity contribution in [2.45, 2.75) is 13.0 Å². The van der Waals surface area contributed by atoms with E-state index in [9.17, 15) is 25.5 Å². The van der Waals surface area contributed by atoms with Crippen LogP contribution in [0.25, 0.3) is 6.08 Å². The first-order valence-electron chi connectivity index (χ1n) is 6.53. The Morgan fingerprint density at radius 3 is 2.41 bits per heavy atom. The summed E-state index contributed by atoms with van der Waals surface area (Å²) in [7, 11) is 0. The zero-order valence-electron chi connectivity index (χ0n) is 11.6. The predicted molar refractivity (Wildman–Crippen MR) is 78.3 cm³/mol. The third-order valence-electron chi connectivity index (χ3n) is 3.64. The van der Waals surface area contributed by atoms with E-state index < -0.39 is 6.10 Å². The standard InChI is InChI=1S/C16H14O6/c1-7-9(2-3-11(18)15(7)21)16-13(20)6-10-12(19)4-8(17)5-14(10)22-16/h2-6,16-21H,1H3/t16-/m1/s1. The Labute approximate surface area is 125 Å². The van der Waals surface area contributed by atoms with Gasteiger partial charge in [-0.1, -0.05) is 6.07 Å². The maximum absolute atomic E-state index is 10.2. The predicted octanol–water partition coefficient (Wildman–Crippen LogP) is 2.85. The van der Waals surface area contributed by atoms with Gasteiger partial charge >= 0.3 is 0 Å². The summed E-state index contributed by atoms with van der Waals surface area (Å²) in [5.41, 5.74) is 1.07. The van der Waals surface area contributed by atoms with Gasteiger partial charge in [0.05, 0.1) is 5.56 Å². The van der Waals surface area contributed by atoms with Crippen LogP contribution in [0.3, 0.4) is 0 Å². The monoisotopic (exact) mass is 302 g/mol. The minimum absolute atomic E-state index is 0.165. The molecule has 0 bridgehead atoms. The number of rotatable bonds is 1. The number of aromatic hydroxyl groups is 4. The Bertz CT molecular complexity index is 794. The maximum atomic E-state index is 10.2. The molecule has 1 aliphatic heterocycles. The second-order valence-electron chi connectivity index (χ2n) is 5.09. The third-order valence-corrected chi connectivity index (χ3v) is 3.64. The molecule has 0 spiro atoms. The van der Waals surface area contributed by atoms with Gasteiger partial charge in [0.25, 0.3) is 0 Å². The zero-order chi connectivity index (χ0) is 16.0. The number of ether oxygens (including phenoxy) is 1. The zero-order valence-corrected chi connectivity index (χ0v) is 11.6. The van der Waals surface area contributed by atoms with Crippen molar-refractivity contribution in [3.8, 4) is 28.7 Å². The molecular weight excluding hydrogens is 288 g/mol. The van der Waals surface area contributed by atoms with Crippen LogP contribution in [0.4, 0.5) is 0 Å². The lowest BCUT2D eigenvalue weighted by Gasteiger charge is -2.26. The molecule has 1 aliphatic rings. The molecule has 1 heterocycles. The van der Waals surface area contributed by atoms with E-state index in [0.717, 1.165) is 6.07 Å². The molecule has 2 aromatic carbocycles. The summed E-state index contributed by atoms with van der Waals surface area (Å²) < 4.78 is 5.64. The number of hydrogen-bond acceptors (Lipinski definition) is 6. The number of fused-ring (bicyclic) bond motifs is 1. The fourth-order valence-corrected chi connectivity index (χ4v) is 2.46. The van der Waals surface area contributed by atoms with Crippen molar-refractivity contribution in [3.63, 3.8) is 0 Å². The Balaban J connectivity index is 2.11. The topological polar surface area (TPSA) is 110 Å². The minimum atomic E-state index is -0.916. The van der Waals surface area contributed by atoms with Crippen molar-refractivity contribution in [1.82, 2.24) is 0 Å². The average Bonchev–Trinajstić information content (AvgIpc) is 2.46. The van der Waals surface area contributed by atoms with Crippen molar-refractivity contribution in [2.24, 2.45) is 0 Å². The first-order chi connectivity index (χ1) is 10.4. The first kappa shape index (κ1) is 13.9. The van der Waals surface area contributed by atoms with Gasteiger partial charge in [-0.2, -0.15) is 0 Å². The minimum Gasteiger partial charge on any atom is -0.508 e. The summed E-state index contributed by atoms with van der Waals surface area (Å²) in [6.45, 7) is 1.58. The highest BCUT2D eigenvalue weighted by Gasteiger charge is 2.28. The summed E-state index contributed by atoms with van der Waals surface area (Å²) in [6.07, 6.45) is 0.418. The molecule has 0 saturated carbocycles. The fraction of sp³-hybridized carbons (Fsp3) is 0.125. The summed E-state index contributed by atoms with van der Waals surface area (Å²) in [6, 6.07) is 5.28. The number of aliphatic hydroxyl groups excluding tert-OH is 1. The van der Waals surface area contributed by atoms with Gasteiger partial charge < -0.3 is 30.3 Å². The van der Waals surface area contributed by atoms with Crippen molar-refractivity contribution >= 4 is 6.08 Å². The van der Waals surface area contributed by atoms with Gasteiger partial charge in [-0.05, 0) is 19.1 Å². The molecule has 0 radical (unpaired) electrons. The summed E-state index contributed by atoms with van der Waals surface area (Å²) in [4.78, 5) is 0. The van der Waals surface area contributed by atoms with Gasteiger partial charge in [-0.25, -0.2) is 0 Å². The van der Waals surface area contributed by atoms with Gasteiger partial charge in [0.1, 0.15) is 23.0 Å². The maximum Gasteiger partial charge on any atom is 0.181 e. The van der Waals surface area contributed by atoms with Crippen LogP contribution in [0.2, 0.25) is 0 Å². The van der Waals surface area contributed by atoms with Crippen LogP contribution in [0.15, 0.2) is 30.0 Å². The lowest BCUT2D eigenvalue weighted by molar-refractivity contribution is 0.172.